The zero-order valence-electron chi connectivity index (χ0n) is 17.0. The monoisotopic (exact) mass is 406 g/mol. The first-order chi connectivity index (χ1) is 14.8. The van der Waals surface area contributed by atoms with Gasteiger partial charge in [-0.15, -0.1) is 0 Å². The molecule has 0 radical (unpaired) electrons. The Hall–Kier alpha value is -3.23. The van der Waals surface area contributed by atoms with E-state index in [-0.39, 0.29) is 0 Å². The molecule has 3 aromatic rings. The summed E-state index contributed by atoms with van der Waals surface area (Å²) in [6.07, 6.45) is 0. The van der Waals surface area contributed by atoms with E-state index in [0.29, 0.717) is 43.8 Å². The van der Waals surface area contributed by atoms with Crippen LogP contribution in [0.1, 0.15) is 11.3 Å². The van der Waals surface area contributed by atoms with Gasteiger partial charge in [0.2, 0.25) is 0 Å². The molecule has 4 rings (SSSR count). The first-order valence-corrected chi connectivity index (χ1v) is 10.0. The molecule has 1 aliphatic rings. The number of hydrazone groups is 1. The number of ether oxygens (including phenoxy) is 2. The van der Waals surface area contributed by atoms with Gasteiger partial charge < -0.3 is 25.5 Å². The summed E-state index contributed by atoms with van der Waals surface area (Å²) in [6.45, 7) is 4.01. The van der Waals surface area contributed by atoms with Gasteiger partial charge in [0.25, 0.3) is 0 Å². The Morgan fingerprint density at radius 3 is 2.70 bits per heavy atom. The fourth-order valence-corrected chi connectivity index (χ4v) is 3.42. The van der Waals surface area contributed by atoms with Crippen molar-refractivity contribution >= 4 is 22.3 Å². The smallest absolute Gasteiger partial charge is 0.319 e. The minimum Gasteiger partial charge on any atom is -0.462 e. The van der Waals surface area contributed by atoms with Crippen LogP contribution in [0.15, 0.2) is 53.6 Å². The van der Waals surface area contributed by atoms with E-state index in [1.807, 2.05) is 31.3 Å². The highest BCUT2D eigenvalue weighted by Gasteiger charge is 2.19. The summed E-state index contributed by atoms with van der Waals surface area (Å²) in [5.41, 5.74) is 2.11. The molecule has 0 aliphatic carbocycles. The van der Waals surface area contributed by atoms with E-state index in [1.54, 1.807) is 0 Å². The average molecular weight is 406 g/mol. The molecule has 156 valence electrons. The van der Waals surface area contributed by atoms with Crippen molar-refractivity contribution in [3.63, 3.8) is 0 Å². The molecule has 8 heteroatoms. The second-order valence-electron chi connectivity index (χ2n) is 6.99. The van der Waals surface area contributed by atoms with Gasteiger partial charge in [-0.25, -0.2) is 0 Å². The van der Waals surface area contributed by atoms with Crippen LogP contribution in [0, 0.1) is 0 Å². The number of hydrogen-bond acceptors (Lipinski definition) is 8. The molecule has 0 spiro atoms. The van der Waals surface area contributed by atoms with Gasteiger partial charge in [-0.2, -0.15) is 15.1 Å². The van der Waals surface area contributed by atoms with Crippen molar-refractivity contribution in [3.8, 4) is 6.01 Å². The Labute approximate surface area is 175 Å². The van der Waals surface area contributed by atoms with Crippen LogP contribution in [0.5, 0.6) is 6.01 Å². The van der Waals surface area contributed by atoms with Gasteiger partial charge in [0, 0.05) is 31.3 Å². The number of fused-ring (bicyclic) bond motifs is 1. The second kappa shape index (κ2) is 9.51. The molecular formula is C22H26N6O2. The Balaban J connectivity index is 1.72. The van der Waals surface area contributed by atoms with Crippen LogP contribution < -0.4 is 20.8 Å². The lowest BCUT2D eigenvalue weighted by Crippen LogP contribution is -2.37. The molecule has 0 unspecified atom stereocenters. The molecule has 30 heavy (non-hydrogen) atoms. The second-order valence-corrected chi connectivity index (χ2v) is 6.99. The molecule has 0 bridgehead atoms. The summed E-state index contributed by atoms with van der Waals surface area (Å²) < 4.78 is 11.3. The fraction of sp³-hybridized carbons (Fsp3) is 0.318. The van der Waals surface area contributed by atoms with Crippen molar-refractivity contribution in [1.29, 1.82) is 0 Å². The fourth-order valence-electron chi connectivity index (χ4n) is 3.42. The summed E-state index contributed by atoms with van der Waals surface area (Å²) >= 11 is 0. The maximum Gasteiger partial charge on any atom is 0.319 e. The highest BCUT2D eigenvalue weighted by atomic mass is 16.5. The van der Waals surface area contributed by atoms with Crippen LogP contribution in [0.4, 0.5) is 5.82 Å². The number of morpholine rings is 1. The summed E-state index contributed by atoms with van der Waals surface area (Å²) in [5.74, 6) is 6.61. The van der Waals surface area contributed by atoms with Crippen LogP contribution in [0.25, 0.3) is 10.8 Å². The predicted octanol–water partition coefficient (Wildman–Crippen LogP) is 1.78. The summed E-state index contributed by atoms with van der Waals surface area (Å²) in [4.78, 5) is 11.4. The number of anilines is 1. The minimum atomic E-state index is 0.311. The number of aromatic nitrogens is 2. The molecule has 3 N–H and O–H groups in total. The van der Waals surface area contributed by atoms with E-state index >= 15 is 0 Å². The standard InChI is InChI=1S/C22H26N6O2/c1-24-8-11-30-22-25-19(15-20(26-22)28-9-12-29-13-10-28)21(27-23)18-7-6-16-4-2-3-5-17(16)14-18/h2-7,14-15,24H,8-13,23H2,1H3. The van der Waals surface area contributed by atoms with Gasteiger partial charge in [0.15, 0.2) is 0 Å². The van der Waals surface area contributed by atoms with Gasteiger partial charge in [-0.1, -0.05) is 36.4 Å². The number of benzene rings is 2. The first kappa shape index (κ1) is 20.1. The first-order valence-electron chi connectivity index (χ1n) is 10.0. The molecule has 1 aliphatic heterocycles. The summed E-state index contributed by atoms with van der Waals surface area (Å²) in [7, 11) is 1.87. The lowest BCUT2D eigenvalue weighted by atomic mass is 10.0. The molecular weight excluding hydrogens is 380 g/mol. The Bertz CT molecular complexity index is 1030. The zero-order valence-corrected chi connectivity index (χ0v) is 17.0. The van der Waals surface area contributed by atoms with Gasteiger partial charge in [-0.3, -0.25) is 0 Å². The largest absolute Gasteiger partial charge is 0.462 e. The van der Waals surface area contributed by atoms with Crippen LogP contribution in [-0.4, -0.2) is 62.2 Å². The number of nitrogens with one attached hydrogen (secondary N) is 1. The van der Waals surface area contributed by atoms with E-state index in [9.17, 15) is 0 Å². The van der Waals surface area contributed by atoms with E-state index in [4.69, 9.17) is 15.3 Å². The molecule has 1 aromatic heterocycles. The SMILES string of the molecule is CNCCOc1nc(C(=NN)c2ccc3ccccc3c2)cc(N2CCOCC2)n1. The molecule has 8 nitrogen and oxygen atoms in total. The van der Waals surface area contributed by atoms with Crippen LogP contribution >= 0.6 is 0 Å². The predicted molar refractivity (Wildman–Crippen MR) is 118 cm³/mol. The summed E-state index contributed by atoms with van der Waals surface area (Å²) in [5, 5.41) is 9.40. The van der Waals surface area contributed by atoms with E-state index in [2.05, 4.69) is 49.6 Å². The number of nitrogens with two attached hydrogens (primary N) is 1. The third-order valence-electron chi connectivity index (χ3n) is 5.01. The van der Waals surface area contributed by atoms with Gasteiger partial charge >= 0.3 is 6.01 Å². The highest BCUT2D eigenvalue weighted by molar-refractivity contribution is 6.13. The topological polar surface area (TPSA) is 97.9 Å². The average Bonchev–Trinajstić information content (AvgIpc) is 2.80. The molecule has 0 amide bonds. The molecule has 2 heterocycles. The third kappa shape index (κ3) is 4.50. The van der Waals surface area contributed by atoms with Gasteiger partial charge in [0.05, 0.1) is 13.2 Å². The maximum atomic E-state index is 5.82. The van der Waals surface area contributed by atoms with Crippen molar-refractivity contribution in [1.82, 2.24) is 15.3 Å². The van der Waals surface area contributed by atoms with Crippen molar-refractivity contribution in [2.75, 3.05) is 51.4 Å². The van der Waals surface area contributed by atoms with Crippen molar-refractivity contribution in [2.24, 2.45) is 10.9 Å². The Morgan fingerprint density at radius 2 is 1.93 bits per heavy atom. The van der Waals surface area contributed by atoms with Crippen LogP contribution in [-0.2, 0) is 4.74 Å². The van der Waals surface area contributed by atoms with Crippen LogP contribution in [0.3, 0.4) is 0 Å². The van der Waals surface area contributed by atoms with Crippen molar-refractivity contribution < 1.29 is 9.47 Å². The number of nitrogens with zero attached hydrogens (tertiary/aromatic N) is 4. The Morgan fingerprint density at radius 1 is 1.13 bits per heavy atom. The van der Waals surface area contributed by atoms with Gasteiger partial charge in [-0.05, 0) is 23.9 Å². The lowest BCUT2D eigenvalue weighted by Gasteiger charge is -2.28. The van der Waals surface area contributed by atoms with Crippen molar-refractivity contribution in [2.45, 2.75) is 0 Å². The normalized spacial score (nSPS) is 14.8. The molecule has 0 atom stereocenters. The number of hydrogen-bond donors (Lipinski definition) is 2. The minimum absolute atomic E-state index is 0.311. The molecule has 1 saturated heterocycles. The van der Waals surface area contributed by atoms with E-state index in [1.165, 1.54) is 0 Å². The molecule has 0 saturated carbocycles. The quantitative estimate of drug-likeness (QED) is 0.267. The number of rotatable bonds is 7. The number of likely N-dealkylation sites (N-methyl/N-ethyl adjacent to an activating group) is 1. The van der Waals surface area contributed by atoms with Crippen molar-refractivity contribution in [3.05, 3.63) is 59.8 Å². The lowest BCUT2D eigenvalue weighted by molar-refractivity contribution is 0.122. The Kier molecular flexibility index (Phi) is 6.36. The van der Waals surface area contributed by atoms with Gasteiger partial charge in [0.1, 0.15) is 23.8 Å². The maximum absolute atomic E-state index is 5.82. The summed E-state index contributed by atoms with van der Waals surface area (Å²) in [6, 6.07) is 16.5. The van der Waals surface area contributed by atoms with E-state index in [0.717, 1.165) is 35.2 Å². The zero-order chi connectivity index (χ0) is 20.8. The highest BCUT2D eigenvalue weighted by Crippen LogP contribution is 2.22. The third-order valence-corrected chi connectivity index (χ3v) is 5.01. The molecule has 1 fully saturated rings. The van der Waals surface area contributed by atoms with Crippen LogP contribution in [0.2, 0.25) is 0 Å². The molecule has 2 aromatic carbocycles. The van der Waals surface area contributed by atoms with E-state index < -0.39 is 0 Å².